The van der Waals surface area contributed by atoms with Crippen molar-refractivity contribution in [2.45, 2.75) is 31.6 Å². The van der Waals surface area contributed by atoms with Gasteiger partial charge in [-0.25, -0.2) is 13.2 Å². The number of thioether (sulfide) groups is 1. The summed E-state index contributed by atoms with van der Waals surface area (Å²) in [5.41, 5.74) is 0.333. The smallest absolute Gasteiger partial charge is 0.335 e. The number of nitrogens with one attached hydrogen (secondary N) is 1. The molecule has 1 aromatic rings. The monoisotopic (exact) mass is 387 g/mol. The molecule has 0 aliphatic carbocycles. The quantitative estimate of drug-likeness (QED) is 0.736. The van der Waals surface area contributed by atoms with Crippen molar-refractivity contribution in [2.75, 3.05) is 22.6 Å². The van der Waals surface area contributed by atoms with Crippen molar-refractivity contribution in [1.29, 1.82) is 0 Å². The van der Waals surface area contributed by atoms with Crippen LogP contribution in [0.5, 0.6) is 5.75 Å². The first-order valence-corrected chi connectivity index (χ1v) is 10.7. The second kappa shape index (κ2) is 8.09. The highest BCUT2D eigenvalue weighted by Gasteiger charge is 2.28. The zero-order valence-electron chi connectivity index (χ0n) is 14.0. The third-order valence-corrected chi connectivity index (χ3v) is 6.79. The van der Waals surface area contributed by atoms with E-state index in [1.165, 1.54) is 30.0 Å². The van der Waals surface area contributed by atoms with E-state index in [0.29, 0.717) is 17.9 Å². The van der Waals surface area contributed by atoms with Crippen molar-refractivity contribution in [2.24, 2.45) is 0 Å². The van der Waals surface area contributed by atoms with Crippen LogP contribution in [0.1, 0.15) is 30.6 Å². The molecule has 1 atom stereocenters. The number of rotatable bonds is 7. The van der Waals surface area contributed by atoms with Crippen LogP contribution in [0.3, 0.4) is 0 Å². The number of carbonyl (C=O) groups excluding carboxylic acids is 1. The zero-order valence-corrected chi connectivity index (χ0v) is 15.7. The molecule has 0 aromatic heterocycles. The number of carboxylic acids is 1. The first kappa shape index (κ1) is 19.6. The molecule has 25 heavy (non-hydrogen) atoms. The van der Waals surface area contributed by atoms with Crippen molar-refractivity contribution in [3.63, 3.8) is 0 Å². The minimum atomic E-state index is -2.98. The topological polar surface area (TPSA) is 110 Å². The molecule has 1 aliphatic heterocycles. The van der Waals surface area contributed by atoms with E-state index in [4.69, 9.17) is 9.84 Å². The fraction of sp³-hybridized carbons (Fsp3) is 0.500. The molecule has 138 valence electrons. The van der Waals surface area contributed by atoms with Gasteiger partial charge in [-0.3, -0.25) is 4.79 Å². The van der Waals surface area contributed by atoms with Crippen molar-refractivity contribution in [3.8, 4) is 5.75 Å². The maximum Gasteiger partial charge on any atom is 0.335 e. The molecule has 1 amide bonds. The van der Waals surface area contributed by atoms with Gasteiger partial charge in [-0.15, -0.1) is 11.8 Å². The second-order valence-electron chi connectivity index (χ2n) is 6.07. The van der Waals surface area contributed by atoms with E-state index in [1.807, 2.05) is 13.8 Å². The Morgan fingerprint density at radius 1 is 1.40 bits per heavy atom. The van der Waals surface area contributed by atoms with Crippen LogP contribution in [0.2, 0.25) is 0 Å². The third kappa shape index (κ3) is 5.93. The Balaban J connectivity index is 2.02. The Labute approximate surface area is 151 Å². The molecule has 1 aliphatic rings. The summed E-state index contributed by atoms with van der Waals surface area (Å²) in [5.74, 6) is -0.677. The van der Waals surface area contributed by atoms with Crippen LogP contribution in [-0.4, -0.2) is 54.0 Å². The molecule has 9 heteroatoms. The molecule has 1 heterocycles. The minimum Gasteiger partial charge on any atom is -0.489 e. The van der Waals surface area contributed by atoms with Crippen LogP contribution < -0.4 is 10.1 Å². The Bertz CT molecular complexity index is 760. The number of benzene rings is 1. The van der Waals surface area contributed by atoms with Crippen molar-refractivity contribution < 1.29 is 27.9 Å². The van der Waals surface area contributed by atoms with Crippen LogP contribution in [0, 0.1) is 0 Å². The number of aromatic carboxylic acids is 1. The van der Waals surface area contributed by atoms with Gasteiger partial charge in [-0.1, -0.05) is 0 Å². The van der Waals surface area contributed by atoms with Crippen LogP contribution in [0.4, 0.5) is 5.69 Å². The highest BCUT2D eigenvalue weighted by atomic mass is 32.2. The van der Waals surface area contributed by atoms with E-state index in [2.05, 4.69) is 5.32 Å². The van der Waals surface area contributed by atoms with E-state index >= 15 is 0 Å². The summed E-state index contributed by atoms with van der Waals surface area (Å²) in [4.78, 5) is 23.3. The molecule has 2 N–H and O–H groups in total. The predicted molar refractivity (Wildman–Crippen MR) is 97.3 cm³/mol. The van der Waals surface area contributed by atoms with Gasteiger partial charge in [0.1, 0.15) is 5.75 Å². The van der Waals surface area contributed by atoms with E-state index in [0.717, 1.165) is 0 Å². The standard InChI is InChI=1S/C16H21NO6S2/c1-10(2)23-14-4-3-11(16(19)20)7-13(14)17-15(18)8-24-12-5-6-25(21,22)9-12/h3-4,7,10,12H,5-6,8-9H2,1-2H3,(H,17,18)(H,19,20). The summed E-state index contributed by atoms with van der Waals surface area (Å²) in [6.45, 7) is 3.65. The molecular weight excluding hydrogens is 366 g/mol. The maximum absolute atomic E-state index is 12.2. The van der Waals surface area contributed by atoms with Crippen molar-refractivity contribution >= 4 is 39.2 Å². The van der Waals surface area contributed by atoms with Gasteiger partial charge in [0.15, 0.2) is 9.84 Å². The normalized spacial score (nSPS) is 18.9. The Morgan fingerprint density at radius 2 is 2.12 bits per heavy atom. The molecule has 7 nitrogen and oxygen atoms in total. The fourth-order valence-electron chi connectivity index (χ4n) is 2.39. The number of hydrogen-bond donors (Lipinski definition) is 2. The van der Waals surface area contributed by atoms with Crippen molar-refractivity contribution in [3.05, 3.63) is 23.8 Å². The number of anilines is 1. The zero-order chi connectivity index (χ0) is 18.6. The Hall–Kier alpha value is -1.74. The highest BCUT2D eigenvalue weighted by molar-refractivity contribution is 8.02. The molecule has 1 fully saturated rings. The SMILES string of the molecule is CC(C)Oc1ccc(C(=O)O)cc1NC(=O)CSC1CCS(=O)(=O)C1. The first-order valence-electron chi connectivity index (χ1n) is 7.82. The second-order valence-corrected chi connectivity index (χ2v) is 9.58. The van der Waals surface area contributed by atoms with Gasteiger partial charge >= 0.3 is 5.97 Å². The molecule has 1 aromatic carbocycles. The third-order valence-electron chi connectivity index (χ3n) is 3.50. The summed E-state index contributed by atoms with van der Waals surface area (Å²) >= 11 is 1.30. The number of ether oxygens (including phenoxy) is 1. The molecular formula is C16H21NO6S2. The first-order chi connectivity index (χ1) is 11.7. The van der Waals surface area contributed by atoms with E-state index in [-0.39, 0.29) is 40.1 Å². The summed E-state index contributed by atoms with van der Waals surface area (Å²) < 4.78 is 28.5. The highest BCUT2D eigenvalue weighted by Crippen LogP contribution is 2.28. The van der Waals surface area contributed by atoms with Crippen molar-refractivity contribution in [1.82, 2.24) is 0 Å². The van der Waals surface area contributed by atoms with Gasteiger partial charge in [-0.05, 0) is 38.5 Å². The molecule has 0 radical (unpaired) electrons. The maximum atomic E-state index is 12.2. The van der Waals surface area contributed by atoms with E-state index in [9.17, 15) is 18.0 Å². The van der Waals surface area contributed by atoms with Gasteiger partial charge in [0.2, 0.25) is 5.91 Å². The van der Waals surface area contributed by atoms with Gasteiger partial charge in [-0.2, -0.15) is 0 Å². The Morgan fingerprint density at radius 3 is 2.68 bits per heavy atom. The molecule has 1 unspecified atom stereocenters. The summed E-state index contributed by atoms with van der Waals surface area (Å²) in [5, 5.41) is 11.7. The minimum absolute atomic E-state index is 0.0425. The predicted octanol–water partition coefficient (Wildman–Crippen LogP) is 2.03. The van der Waals surface area contributed by atoms with Crippen LogP contribution in [-0.2, 0) is 14.6 Å². The number of hydrogen-bond acceptors (Lipinski definition) is 6. The van der Waals surface area contributed by atoms with Gasteiger partial charge in [0.25, 0.3) is 0 Å². The lowest BCUT2D eigenvalue weighted by atomic mass is 10.2. The summed E-state index contributed by atoms with van der Waals surface area (Å²) in [6.07, 6.45) is 0.417. The summed E-state index contributed by atoms with van der Waals surface area (Å²) in [6, 6.07) is 4.27. The average Bonchev–Trinajstić information content (AvgIpc) is 2.85. The van der Waals surface area contributed by atoms with Gasteiger partial charge < -0.3 is 15.2 Å². The molecule has 0 saturated carbocycles. The average molecular weight is 387 g/mol. The lowest BCUT2D eigenvalue weighted by Gasteiger charge is -2.16. The lowest BCUT2D eigenvalue weighted by Crippen LogP contribution is -2.19. The molecule has 2 rings (SSSR count). The fourth-order valence-corrected chi connectivity index (χ4v) is 5.83. The lowest BCUT2D eigenvalue weighted by molar-refractivity contribution is -0.113. The van der Waals surface area contributed by atoms with Crippen LogP contribution >= 0.6 is 11.8 Å². The van der Waals surface area contributed by atoms with Crippen LogP contribution in [0.25, 0.3) is 0 Å². The number of sulfone groups is 1. The summed E-state index contributed by atoms with van der Waals surface area (Å²) in [7, 11) is -2.98. The molecule has 0 bridgehead atoms. The molecule has 0 spiro atoms. The largest absolute Gasteiger partial charge is 0.489 e. The van der Waals surface area contributed by atoms with E-state index < -0.39 is 15.8 Å². The molecule has 1 saturated heterocycles. The van der Waals surface area contributed by atoms with Gasteiger partial charge in [0, 0.05) is 5.25 Å². The Kier molecular flexibility index (Phi) is 6.34. The number of amides is 1. The number of carboxylic acid groups (broad SMARTS) is 1. The van der Waals surface area contributed by atoms with E-state index in [1.54, 1.807) is 0 Å². The van der Waals surface area contributed by atoms with Gasteiger partial charge in [0.05, 0.1) is 34.6 Å². The number of carbonyl (C=O) groups is 2. The van der Waals surface area contributed by atoms with Crippen LogP contribution in [0.15, 0.2) is 18.2 Å².